The van der Waals surface area contributed by atoms with Crippen LogP contribution in [0.25, 0.3) is 0 Å². The minimum Gasteiger partial charge on any atom is -0.326 e. The van der Waals surface area contributed by atoms with Crippen molar-refractivity contribution in [3.05, 3.63) is 65.0 Å². The fraction of sp³-hybridized carbons (Fsp3) is 0.143. The van der Waals surface area contributed by atoms with E-state index in [0.717, 1.165) is 35.5 Å². The average Bonchev–Trinajstić information content (AvgIpc) is 2.40. The normalized spacial score (nSPS) is 10.7. The van der Waals surface area contributed by atoms with Crippen molar-refractivity contribution in [2.24, 2.45) is 5.73 Å². The van der Waals surface area contributed by atoms with Crippen molar-refractivity contribution in [2.75, 3.05) is 0 Å². The van der Waals surface area contributed by atoms with Crippen LogP contribution in [-0.2, 0) is 12.3 Å². The van der Waals surface area contributed by atoms with E-state index in [0.29, 0.717) is 11.3 Å². The zero-order chi connectivity index (χ0) is 13.8. The molecule has 19 heavy (non-hydrogen) atoms. The number of nitrogens with two attached hydrogens (primary N) is 1. The molecule has 2 N–H and O–H groups in total. The molecule has 0 fully saturated rings. The smallest absolute Gasteiger partial charge is 0.136 e. The highest BCUT2D eigenvalue weighted by atomic mass is 32.2. The van der Waals surface area contributed by atoms with E-state index in [4.69, 9.17) is 5.73 Å². The van der Waals surface area contributed by atoms with Crippen LogP contribution in [0.2, 0.25) is 0 Å². The highest BCUT2D eigenvalue weighted by Crippen LogP contribution is 2.27. The lowest BCUT2D eigenvalue weighted by Gasteiger charge is -2.08. The molecule has 0 aliphatic carbocycles. The summed E-state index contributed by atoms with van der Waals surface area (Å²) in [5.41, 5.74) is 7.02. The van der Waals surface area contributed by atoms with Gasteiger partial charge in [-0.15, -0.1) is 11.8 Å². The van der Waals surface area contributed by atoms with Gasteiger partial charge in [0.25, 0.3) is 0 Å². The first-order valence-corrected chi connectivity index (χ1v) is 6.64. The number of benzene rings is 2. The molecule has 0 aromatic heterocycles. The Morgan fingerprint density at radius 2 is 1.58 bits per heavy atom. The summed E-state index contributed by atoms with van der Waals surface area (Å²) in [5.74, 6) is -0.899. The molecule has 0 radical (unpaired) electrons. The molecular formula is C14H12F3NS. The number of halogens is 3. The van der Waals surface area contributed by atoms with E-state index in [9.17, 15) is 13.2 Å². The number of thioether (sulfide) groups is 1. The molecule has 0 aliphatic heterocycles. The van der Waals surface area contributed by atoms with E-state index in [1.807, 2.05) is 0 Å². The summed E-state index contributed by atoms with van der Waals surface area (Å²) in [6.07, 6.45) is 0. The maximum atomic E-state index is 13.4. The third-order valence-electron chi connectivity index (χ3n) is 2.66. The minimum absolute atomic E-state index is 0.208. The molecule has 2 aromatic carbocycles. The summed E-state index contributed by atoms with van der Waals surface area (Å²) in [7, 11) is 0. The second-order valence-electron chi connectivity index (χ2n) is 3.98. The van der Waals surface area contributed by atoms with Gasteiger partial charge in [0.2, 0.25) is 0 Å². The molecule has 0 saturated heterocycles. The zero-order valence-electron chi connectivity index (χ0n) is 10.00. The zero-order valence-corrected chi connectivity index (χ0v) is 10.8. The van der Waals surface area contributed by atoms with Crippen molar-refractivity contribution in [1.82, 2.24) is 0 Å². The molecule has 0 atom stereocenters. The lowest BCUT2D eigenvalue weighted by molar-refractivity contribution is 0.577. The van der Waals surface area contributed by atoms with E-state index in [-0.39, 0.29) is 17.3 Å². The Bertz CT molecular complexity index is 587. The van der Waals surface area contributed by atoms with E-state index < -0.39 is 11.6 Å². The molecule has 0 heterocycles. The summed E-state index contributed by atoms with van der Waals surface area (Å²) in [6.45, 7) is 0.208. The molecule has 0 bridgehead atoms. The van der Waals surface area contributed by atoms with Crippen molar-refractivity contribution in [2.45, 2.75) is 17.2 Å². The highest BCUT2D eigenvalue weighted by molar-refractivity contribution is 7.98. The largest absolute Gasteiger partial charge is 0.326 e. The Kier molecular flexibility index (Phi) is 4.50. The fourth-order valence-electron chi connectivity index (χ4n) is 1.67. The summed E-state index contributed by atoms with van der Waals surface area (Å²) in [6, 6.07) is 7.61. The molecule has 1 nitrogen and oxygen atoms in total. The quantitative estimate of drug-likeness (QED) is 0.862. The van der Waals surface area contributed by atoms with Crippen molar-refractivity contribution in [1.29, 1.82) is 0 Å². The van der Waals surface area contributed by atoms with Gasteiger partial charge in [0, 0.05) is 17.2 Å². The second kappa shape index (κ2) is 6.12. The van der Waals surface area contributed by atoms with E-state index in [2.05, 4.69) is 0 Å². The molecular weight excluding hydrogens is 271 g/mol. The van der Waals surface area contributed by atoms with Crippen LogP contribution in [0, 0.1) is 17.5 Å². The van der Waals surface area contributed by atoms with Gasteiger partial charge >= 0.3 is 0 Å². The maximum absolute atomic E-state index is 13.4. The van der Waals surface area contributed by atoms with Crippen LogP contribution in [0.4, 0.5) is 13.2 Å². The minimum atomic E-state index is -0.484. The third kappa shape index (κ3) is 3.52. The van der Waals surface area contributed by atoms with Crippen molar-refractivity contribution < 1.29 is 13.2 Å². The van der Waals surface area contributed by atoms with Gasteiger partial charge in [0.1, 0.15) is 17.5 Å². The Hall–Kier alpha value is -1.46. The first-order valence-electron chi connectivity index (χ1n) is 5.65. The van der Waals surface area contributed by atoms with Crippen LogP contribution in [0.15, 0.2) is 41.3 Å². The molecule has 5 heteroatoms. The van der Waals surface area contributed by atoms with Gasteiger partial charge in [-0.25, -0.2) is 13.2 Å². The highest BCUT2D eigenvalue weighted by Gasteiger charge is 2.08. The molecule has 2 rings (SSSR count). The lowest BCUT2D eigenvalue weighted by Crippen LogP contribution is -2.01. The molecule has 0 aliphatic rings. The van der Waals surface area contributed by atoms with Crippen LogP contribution in [0.3, 0.4) is 0 Å². The van der Waals surface area contributed by atoms with Crippen molar-refractivity contribution >= 4 is 11.8 Å². The van der Waals surface area contributed by atoms with Crippen LogP contribution in [0.1, 0.15) is 11.1 Å². The Balaban J connectivity index is 2.16. The Morgan fingerprint density at radius 3 is 2.32 bits per heavy atom. The summed E-state index contributed by atoms with van der Waals surface area (Å²) >= 11 is 1.16. The topological polar surface area (TPSA) is 26.0 Å². The molecule has 0 saturated carbocycles. The molecule has 2 aromatic rings. The molecule has 0 unspecified atom stereocenters. The van der Waals surface area contributed by atoms with Gasteiger partial charge in [-0.1, -0.05) is 6.07 Å². The van der Waals surface area contributed by atoms with Gasteiger partial charge in [-0.3, -0.25) is 0 Å². The van der Waals surface area contributed by atoms with Gasteiger partial charge < -0.3 is 5.73 Å². The van der Waals surface area contributed by atoms with E-state index >= 15 is 0 Å². The number of hydrogen-bond donors (Lipinski definition) is 1. The van der Waals surface area contributed by atoms with Crippen LogP contribution < -0.4 is 5.73 Å². The summed E-state index contributed by atoms with van der Waals surface area (Å²) < 4.78 is 39.5. The standard InChI is InChI=1S/C14H12F3NS/c15-11-2-1-9(10(5-11)7-18)8-19-14-6-12(16)3-4-13(14)17/h1-6H,7-8,18H2. The van der Waals surface area contributed by atoms with Gasteiger partial charge in [-0.05, 0) is 41.5 Å². The second-order valence-corrected chi connectivity index (χ2v) is 5.00. The molecule has 0 amide bonds. The van der Waals surface area contributed by atoms with Gasteiger partial charge in [0.05, 0.1) is 0 Å². The van der Waals surface area contributed by atoms with Gasteiger partial charge in [-0.2, -0.15) is 0 Å². The van der Waals surface area contributed by atoms with E-state index in [1.165, 1.54) is 12.1 Å². The Morgan fingerprint density at radius 1 is 0.895 bits per heavy atom. The monoisotopic (exact) mass is 283 g/mol. The lowest BCUT2D eigenvalue weighted by atomic mass is 10.1. The summed E-state index contributed by atoms with van der Waals surface area (Å²) in [5, 5.41) is 0. The van der Waals surface area contributed by atoms with Crippen LogP contribution in [-0.4, -0.2) is 0 Å². The fourth-order valence-corrected chi connectivity index (χ4v) is 2.66. The first-order chi connectivity index (χ1) is 9.10. The average molecular weight is 283 g/mol. The Labute approximate surface area is 113 Å². The molecule has 100 valence electrons. The SMILES string of the molecule is NCc1cc(F)ccc1CSc1cc(F)ccc1F. The first kappa shape index (κ1) is 14.0. The van der Waals surface area contributed by atoms with Crippen molar-refractivity contribution in [3.63, 3.8) is 0 Å². The van der Waals surface area contributed by atoms with Gasteiger partial charge in [0.15, 0.2) is 0 Å². The number of hydrogen-bond acceptors (Lipinski definition) is 2. The van der Waals surface area contributed by atoms with Crippen LogP contribution >= 0.6 is 11.8 Å². The van der Waals surface area contributed by atoms with E-state index in [1.54, 1.807) is 6.07 Å². The molecule has 0 spiro atoms. The maximum Gasteiger partial charge on any atom is 0.136 e. The van der Waals surface area contributed by atoms with Crippen LogP contribution in [0.5, 0.6) is 0 Å². The van der Waals surface area contributed by atoms with Crippen molar-refractivity contribution in [3.8, 4) is 0 Å². The predicted molar refractivity (Wildman–Crippen MR) is 70.2 cm³/mol. The summed E-state index contributed by atoms with van der Waals surface area (Å²) in [4.78, 5) is 0.229. The predicted octanol–water partition coefficient (Wildman–Crippen LogP) is 3.85. The number of rotatable bonds is 4. The third-order valence-corrected chi connectivity index (χ3v) is 3.74.